The number of fused-ring (bicyclic) bond motifs is 1. The summed E-state index contributed by atoms with van der Waals surface area (Å²) in [5.74, 6) is -0.562. The van der Waals surface area contributed by atoms with Gasteiger partial charge >= 0.3 is 6.03 Å². The van der Waals surface area contributed by atoms with Gasteiger partial charge in [0.2, 0.25) is 0 Å². The highest BCUT2D eigenvalue weighted by atomic mass is 35.5. The van der Waals surface area contributed by atoms with Crippen LogP contribution in [0.1, 0.15) is 18.5 Å². The van der Waals surface area contributed by atoms with Crippen molar-refractivity contribution < 1.29 is 9.18 Å². The smallest absolute Gasteiger partial charge is 0.322 e. The Kier molecular flexibility index (Phi) is 5.39. The molecule has 1 heterocycles. The fourth-order valence-corrected chi connectivity index (χ4v) is 3.25. The molecule has 5 nitrogen and oxygen atoms in total. The van der Waals surface area contributed by atoms with Crippen LogP contribution in [0.25, 0.3) is 10.8 Å². The second-order valence-electron chi connectivity index (χ2n) is 6.08. The van der Waals surface area contributed by atoms with Crippen molar-refractivity contribution in [1.29, 1.82) is 0 Å². The first kappa shape index (κ1) is 19.2. The number of hydrogen-bond acceptors (Lipinski definition) is 2. The lowest BCUT2D eigenvalue weighted by Crippen LogP contribution is -2.34. The monoisotopic (exact) mass is 407 g/mol. The Morgan fingerprint density at radius 1 is 1.22 bits per heavy atom. The molecule has 0 saturated heterocycles. The predicted molar refractivity (Wildman–Crippen MR) is 106 cm³/mol. The number of halogens is 3. The summed E-state index contributed by atoms with van der Waals surface area (Å²) in [6.45, 7) is 1.82. The van der Waals surface area contributed by atoms with Gasteiger partial charge in [-0.3, -0.25) is 4.79 Å². The minimum absolute atomic E-state index is 0.0789. The number of urea groups is 1. The molecule has 0 aliphatic carbocycles. The number of rotatable bonds is 3. The zero-order valence-electron chi connectivity index (χ0n) is 14.5. The van der Waals surface area contributed by atoms with Crippen LogP contribution in [0.15, 0.2) is 47.4 Å². The number of aromatic nitrogens is 1. The average Bonchev–Trinajstić information content (AvgIpc) is 2.64. The van der Waals surface area contributed by atoms with Gasteiger partial charge in [-0.15, -0.1) is 0 Å². The Balaban J connectivity index is 1.90. The molecule has 140 valence electrons. The quantitative estimate of drug-likeness (QED) is 0.626. The lowest BCUT2D eigenvalue weighted by molar-refractivity contribution is 0.208. The van der Waals surface area contributed by atoms with E-state index in [0.717, 1.165) is 5.56 Å². The van der Waals surface area contributed by atoms with Crippen LogP contribution in [0, 0.1) is 5.82 Å². The molecule has 1 atom stereocenters. The molecule has 2 N–H and O–H groups in total. The minimum Gasteiger partial charge on any atom is -0.328 e. The van der Waals surface area contributed by atoms with Crippen molar-refractivity contribution in [3.8, 4) is 0 Å². The normalized spacial score (nSPS) is 12.0. The number of carbonyl (C=O) groups is 1. The van der Waals surface area contributed by atoms with E-state index < -0.39 is 11.8 Å². The molecule has 27 heavy (non-hydrogen) atoms. The maximum atomic E-state index is 13.3. The Bertz CT molecular complexity index is 1080. The summed E-state index contributed by atoms with van der Waals surface area (Å²) in [7, 11) is 1.62. The molecule has 2 amide bonds. The summed E-state index contributed by atoms with van der Waals surface area (Å²) in [5, 5.41) is 3.98. The lowest BCUT2D eigenvalue weighted by Gasteiger charge is -2.26. The number of anilines is 1. The van der Waals surface area contributed by atoms with Crippen molar-refractivity contribution >= 4 is 45.7 Å². The summed E-state index contributed by atoms with van der Waals surface area (Å²) in [6, 6.07) is 8.33. The average molecular weight is 408 g/mol. The number of nitrogens with zero attached hydrogens (tertiary/aromatic N) is 1. The highest BCUT2D eigenvalue weighted by molar-refractivity contribution is 6.35. The SMILES string of the molecule is C[C@H](c1c[nH]c(=O)c2c(Cl)cccc12)N(C)C(=O)Nc1ccc(F)c(Cl)c1. The van der Waals surface area contributed by atoms with Gasteiger partial charge in [0.05, 0.1) is 21.5 Å². The second kappa shape index (κ2) is 7.58. The fourth-order valence-electron chi connectivity index (χ4n) is 2.80. The molecule has 0 aliphatic heterocycles. The van der Waals surface area contributed by atoms with E-state index in [0.29, 0.717) is 21.5 Å². The van der Waals surface area contributed by atoms with Crippen molar-refractivity contribution in [3.05, 3.63) is 74.4 Å². The van der Waals surface area contributed by atoms with Crippen LogP contribution >= 0.6 is 23.2 Å². The molecule has 0 bridgehead atoms. The molecule has 0 spiro atoms. The zero-order chi connectivity index (χ0) is 19.7. The predicted octanol–water partition coefficient (Wildman–Crippen LogP) is 5.20. The van der Waals surface area contributed by atoms with Gasteiger partial charge in [-0.1, -0.05) is 35.3 Å². The Morgan fingerprint density at radius 2 is 1.96 bits per heavy atom. The van der Waals surface area contributed by atoms with Gasteiger partial charge in [0.25, 0.3) is 5.56 Å². The number of amides is 2. The van der Waals surface area contributed by atoms with E-state index in [2.05, 4.69) is 10.3 Å². The Morgan fingerprint density at radius 3 is 2.67 bits per heavy atom. The Labute approximate surface area is 164 Å². The van der Waals surface area contributed by atoms with Crippen LogP contribution in [0.5, 0.6) is 0 Å². The topological polar surface area (TPSA) is 65.2 Å². The molecule has 8 heteroatoms. The summed E-state index contributed by atoms with van der Waals surface area (Å²) in [4.78, 5) is 28.8. The molecule has 0 radical (unpaired) electrons. The fraction of sp³-hybridized carbons (Fsp3) is 0.158. The van der Waals surface area contributed by atoms with Crippen molar-refractivity contribution in [1.82, 2.24) is 9.88 Å². The van der Waals surface area contributed by atoms with E-state index in [-0.39, 0.29) is 16.6 Å². The second-order valence-corrected chi connectivity index (χ2v) is 6.90. The minimum atomic E-state index is -0.562. The van der Waals surface area contributed by atoms with Crippen LogP contribution in [0.4, 0.5) is 14.9 Å². The molecule has 2 aromatic carbocycles. The summed E-state index contributed by atoms with van der Waals surface area (Å²) in [6.07, 6.45) is 1.57. The Hall–Kier alpha value is -2.57. The van der Waals surface area contributed by atoms with Crippen LogP contribution < -0.4 is 10.9 Å². The first-order valence-corrected chi connectivity index (χ1v) is 8.84. The molecule has 3 aromatic rings. The van der Waals surface area contributed by atoms with Crippen molar-refractivity contribution in [2.45, 2.75) is 13.0 Å². The molecular weight excluding hydrogens is 392 g/mol. The third kappa shape index (κ3) is 3.77. The van der Waals surface area contributed by atoms with Crippen molar-refractivity contribution in [2.75, 3.05) is 12.4 Å². The zero-order valence-corrected chi connectivity index (χ0v) is 16.0. The number of hydrogen-bond donors (Lipinski definition) is 2. The van der Waals surface area contributed by atoms with Gasteiger partial charge in [-0.05, 0) is 42.1 Å². The van der Waals surface area contributed by atoms with Crippen LogP contribution in [0.2, 0.25) is 10.0 Å². The van der Waals surface area contributed by atoms with Gasteiger partial charge in [0.15, 0.2) is 0 Å². The van der Waals surface area contributed by atoms with Crippen LogP contribution in [0.3, 0.4) is 0 Å². The summed E-state index contributed by atoms with van der Waals surface area (Å²) >= 11 is 11.9. The van der Waals surface area contributed by atoms with Gasteiger partial charge in [0.1, 0.15) is 5.82 Å². The number of nitrogens with one attached hydrogen (secondary N) is 2. The van der Waals surface area contributed by atoms with E-state index in [1.54, 1.807) is 31.4 Å². The van der Waals surface area contributed by atoms with Crippen molar-refractivity contribution in [2.24, 2.45) is 0 Å². The van der Waals surface area contributed by atoms with E-state index in [1.807, 2.05) is 6.92 Å². The van der Waals surface area contributed by atoms with E-state index >= 15 is 0 Å². The summed E-state index contributed by atoms with van der Waals surface area (Å²) in [5.41, 5.74) is 0.821. The summed E-state index contributed by atoms with van der Waals surface area (Å²) < 4.78 is 13.3. The molecule has 0 aliphatic rings. The first-order chi connectivity index (χ1) is 12.8. The van der Waals surface area contributed by atoms with Gasteiger partial charge in [0, 0.05) is 18.9 Å². The van der Waals surface area contributed by atoms with E-state index in [9.17, 15) is 14.0 Å². The molecule has 3 rings (SSSR count). The molecule has 0 fully saturated rings. The van der Waals surface area contributed by atoms with Crippen molar-refractivity contribution in [3.63, 3.8) is 0 Å². The van der Waals surface area contributed by atoms with Crippen LogP contribution in [-0.2, 0) is 0 Å². The largest absolute Gasteiger partial charge is 0.328 e. The lowest BCUT2D eigenvalue weighted by atomic mass is 10.0. The number of aromatic amines is 1. The van der Waals surface area contributed by atoms with E-state index in [1.165, 1.54) is 23.1 Å². The third-order valence-electron chi connectivity index (χ3n) is 4.43. The highest BCUT2D eigenvalue weighted by Crippen LogP contribution is 2.29. The van der Waals surface area contributed by atoms with Gasteiger partial charge in [-0.25, -0.2) is 9.18 Å². The number of H-pyrrole nitrogens is 1. The first-order valence-electron chi connectivity index (χ1n) is 8.08. The van der Waals surface area contributed by atoms with Gasteiger partial charge < -0.3 is 15.2 Å². The number of benzene rings is 2. The number of carbonyl (C=O) groups excluding carboxylic acids is 1. The highest BCUT2D eigenvalue weighted by Gasteiger charge is 2.21. The third-order valence-corrected chi connectivity index (χ3v) is 5.04. The maximum absolute atomic E-state index is 13.3. The molecule has 1 aromatic heterocycles. The maximum Gasteiger partial charge on any atom is 0.322 e. The number of pyridine rings is 1. The molecular formula is C19H16Cl2FN3O2. The standard InChI is InChI=1S/C19H16Cl2FN3O2/c1-10(13-9-23-18(26)17-12(13)4-3-5-14(17)20)25(2)19(27)24-11-6-7-16(22)15(21)8-11/h3-10H,1-2H3,(H,23,26)(H,24,27)/t10-/m1/s1. The molecule has 0 unspecified atom stereocenters. The van der Waals surface area contributed by atoms with E-state index in [4.69, 9.17) is 23.2 Å². The van der Waals surface area contributed by atoms with Gasteiger partial charge in [-0.2, -0.15) is 0 Å². The van der Waals surface area contributed by atoms with Crippen LogP contribution in [-0.4, -0.2) is 23.0 Å². The molecule has 0 saturated carbocycles.